The molecule has 0 bridgehead atoms. The summed E-state index contributed by atoms with van der Waals surface area (Å²) >= 11 is 5.74. The fraction of sp³-hybridized carbons (Fsp3) is 0.400. The summed E-state index contributed by atoms with van der Waals surface area (Å²) in [6.45, 7) is 1.68. The Morgan fingerprint density at radius 2 is 2.29 bits per heavy atom. The molecule has 0 spiro atoms. The third kappa shape index (κ3) is 3.06. The van der Waals surface area contributed by atoms with Gasteiger partial charge in [-0.1, -0.05) is 11.6 Å². The topological polar surface area (TPSA) is 106 Å². The summed E-state index contributed by atoms with van der Waals surface area (Å²) in [4.78, 5) is 15.0. The number of anilines is 1. The molecule has 7 heteroatoms. The van der Waals surface area contributed by atoms with Gasteiger partial charge in [-0.2, -0.15) is 0 Å². The lowest BCUT2D eigenvalue weighted by atomic mass is 10.0. The number of esters is 1. The van der Waals surface area contributed by atoms with Gasteiger partial charge in [-0.25, -0.2) is 9.78 Å². The van der Waals surface area contributed by atoms with E-state index in [1.165, 1.54) is 12.3 Å². The van der Waals surface area contributed by atoms with Gasteiger partial charge in [0.15, 0.2) is 6.10 Å². The van der Waals surface area contributed by atoms with Crippen molar-refractivity contribution in [3.05, 3.63) is 23.0 Å². The van der Waals surface area contributed by atoms with E-state index in [0.29, 0.717) is 0 Å². The Labute approximate surface area is 103 Å². The van der Waals surface area contributed by atoms with Crippen molar-refractivity contribution >= 4 is 23.3 Å². The highest BCUT2D eigenvalue weighted by Crippen LogP contribution is 2.29. The maximum absolute atomic E-state index is 11.2. The first kappa shape index (κ1) is 13.7. The van der Waals surface area contributed by atoms with Crippen molar-refractivity contribution in [2.24, 2.45) is 0 Å². The Bertz CT molecular complexity index is 393. The molecule has 1 aromatic rings. The molecule has 0 aromatic carbocycles. The molecule has 2 atom stereocenters. The second kappa shape index (κ2) is 5.81. The number of carbonyl (C=O) groups is 1. The van der Waals surface area contributed by atoms with Crippen molar-refractivity contribution < 1.29 is 19.7 Å². The lowest BCUT2D eigenvalue weighted by molar-refractivity contribution is -0.159. The number of hydrogen-bond acceptors (Lipinski definition) is 6. The summed E-state index contributed by atoms with van der Waals surface area (Å²) in [5.74, 6) is -0.945. The van der Waals surface area contributed by atoms with Gasteiger partial charge < -0.3 is 20.7 Å². The van der Waals surface area contributed by atoms with E-state index in [-0.39, 0.29) is 23.0 Å². The number of halogens is 1. The molecule has 94 valence electrons. The zero-order valence-corrected chi connectivity index (χ0v) is 9.89. The van der Waals surface area contributed by atoms with E-state index < -0.39 is 18.2 Å². The SMILES string of the molecule is CCOC(=O)C(O)C(O)c1c(N)ccnc1Cl. The van der Waals surface area contributed by atoms with E-state index in [4.69, 9.17) is 17.3 Å². The molecule has 6 nitrogen and oxygen atoms in total. The monoisotopic (exact) mass is 260 g/mol. The number of ether oxygens (including phenoxy) is 1. The zero-order valence-electron chi connectivity index (χ0n) is 9.13. The van der Waals surface area contributed by atoms with E-state index in [1.54, 1.807) is 6.92 Å². The van der Waals surface area contributed by atoms with Crippen LogP contribution in [0.4, 0.5) is 5.69 Å². The highest BCUT2D eigenvalue weighted by atomic mass is 35.5. The highest BCUT2D eigenvalue weighted by molar-refractivity contribution is 6.30. The van der Waals surface area contributed by atoms with Gasteiger partial charge in [-0.05, 0) is 13.0 Å². The van der Waals surface area contributed by atoms with Crippen LogP contribution >= 0.6 is 11.6 Å². The minimum Gasteiger partial charge on any atom is -0.464 e. The summed E-state index contributed by atoms with van der Waals surface area (Å²) < 4.78 is 4.57. The molecule has 0 radical (unpaired) electrons. The van der Waals surface area contributed by atoms with Crippen molar-refractivity contribution in [3.63, 3.8) is 0 Å². The number of carbonyl (C=O) groups excluding carboxylic acids is 1. The fourth-order valence-corrected chi connectivity index (χ4v) is 1.55. The van der Waals surface area contributed by atoms with E-state index in [9.17, 15) is 15.0 Å². The lowest BCUT2D eigenvalue weighted by Crippen LogP contribution is -2.30. The van der Waals surface area contributed by atoms with Crippen LogP contribution in [-0.4, -0.2) is 33.9 Å². The first-order chi connectivity index (χ1) is 7.99. The lowest BCUT2D eigenvalue weighted by Gasteiger charge is -2.18. The number of nitrogen functional groups attached to an aromatic ring is 1. The normalized spacial score (nSPS) is 14.1. The number of aliphatic hydroxyl groups is 2. The molecule has 0 aliphatic heterocycles. The van der Waals surface area contributed by atoms with E-state index in [0.717, 1.165) is 0 Å². The van der Waals surface area contributed by atoms with Gasteiger partial charge in [-0.15, -0.1) is 0 Å². The van der Waals surface area contributed by atoms with Crippen LogP contribution in [0.2, 0.25) is 5.15 Å². The first-order valence-corrected chi connectivity index (χ1v) is 5.29. The van der Waals surface area contributed by atoms with Gasteiger partial charge in [0.1, 0.15) is 11.3 Å². The molecule has 0 aliphatic carbocycles. The maximum Gasteiger partial charge on any atom is 0.338 e. The van der Waals surface area contributed by atoms with Crippen molar-refractivity contribution in [1.29, 1.82) is 0 Å². The van der Waals surface area contributed by atoms with Crippen LogP contribution in [0.15, 0.2) is 12.3 Å². The van der Waals surface area contributed by atoms with Crippen molar-refractivity contribution in [2.45, 2.75) is 19.1 Å². The number of rotatable bonds is 4. The number of aliphatic hydroxyl groups excluding tert-OH is 2. The van der Waals surface area contributed by atoms with E-state index in [2.05, 4.69) is 9.72 Å². The summed E-state index contributed by atoms with van der Waals surface area (Å²) in [6, 6.07) is 1.41. The van der Waals surface area contributed by atoms with Gasteiger partial charge >= 0.3 is 5.97 Å². The van der Waals surface area contributed by atoms with Crippen LogP contribution in [0.1, 0.15) is 18.6 Å². The van der Waals surface area contributed by atoms with Gasteiger partial charge in [0.05, 0.1) is 6.61 Å². The molecule has 1 heterocycles. The van der Waals surface area contributed by atoms with Crippen LogP contribution in [0.25, 0.3) is 0 Å². The minimum atomic E-state index is -1.75. The molecule has 1 aromatic heterocycles. The number of aromatic nitrogens is 1. The van der Waals surface area contributed by atoms with Crippen molar-refractivity contribution in [1.82, 2.24) is 4.98 Å². The summed E-state index contributed by atoms with van der Waals surface area (Å²) in [5.41, 5.74) is 5.74. The summed E-state index contributed by atoms with van der Waals surface area (Å²) in [6.07, 6.45) is -1.97. The second-order valence-corrected chi connectivity index (χ2v) is 3.60. The van der Waals surface area contributed by atoms with Gasteiger partial charge in [0.25, 0.3) is 0 Å². The molecule has 2 unspecified atom stereocenters. The third-order valence-corrected chi connectivity index (χ3v) is 2.40. The van der Waals surface area contributed by atoms with Gasteiger partial charge in [-0.3, -0.25) is 0 Å². The molecule has 0 amide bonds. The maximum atomic E-state index is 11.2. The summed E-state index contributed by atoms with van der Waals surface area (Å²) in [5, 5.41) is 19.3. The van der Waals surface area contributed by atoms with Crippen LogP contribution in [-0.2, 0) is 9.53 Å². The molecule has 0 saturated heterocycles. The molecule has 1 rings (SSSR count). The Kier molecular flexibility index (Phi) is 4.68. The fourth-order valence-electron chi connectivity index (χ4n) is 1.27. The molecular formula is C10H13ClN2O4. The van der Waals surface area contributed by atoms with E-state index in [1.807, 2.05) is 0 Å². The predicted octanol–water partition coefficient (Wildman–Crippen LogP) is 0.275. The average molecular weight is 261 g/mol. The Hall–Kier alpha value is -1.37. The molecular weight excluding hydrogens is 248 g/mol. The predicted molar refractivity (Wildman–Crippen MR) is 61.3 cm³/mol. The zero-order chi connectivity index (χ0) is 13.0. The first-order valence-electron chi connectivity index (χ1n) is 4.91. The number of nitrogens with two attached hydrogens (primary N) is 1. The number of nitrogens with zero attached hydrogens (tertiary/aromatic N) is 1. The molecule has 0 aliphatic rings. The van der Waals surface area contributed by atoms with Crippen LogP contribution in [0.5, 0.6) is 0 Å². The van der Waals surface area contributed by atoms with Crippen LogP contribution < -0.4 is 5.73 Å². The van der Waals surface area contributed by atoms with Crippen LogP contribution in [0.3, 0.4) is 0 Å². The smallest absolute Gasteiger partial charge is 0.338 e. The average Bonchev–Trinajstić information content (AvgIpc) is 2.27. The van der Waals surface area contributed by atoms with Gasteiger partial charge in [0.2, 0.25) is 0 Å². The van der Waals surface area contributed by atoms with Crippen molar-refractivity contribution in [2.75, 3.05) is 12.3 Å². The number of pyridine rings is 1. The largest absolute Gasteiger partial charge is 0.464 e. The Morgan fingerprint density at radius 1 is 1.65 bits per heavy atom. The Balaban J connectivity index is 2.96. The molecule has 17 heavy (non-hydrogen) atoms. The highest BCUT2D eigenvalue weighted by Gasteiger charge is 2.30. The van der Waals surface area contributed by atoms with Gasteiger partial charge in [0, 0.05) is 17.4 Å². The second-order valence-electron chi connectivity index (χ2n) is 3.25. The molecule has 4 N–H and O–H groups in total. The standard InChI is InChI=1S/C10H13ClN2O4/c1-2-17-10(16)8(15)7(14)6-5(12)3-4-13-9(6)11/h3-4,7-8,14-15H,2H2,1H3,(H2,12,13). The van der Waals surface area contributed by atoms with Crippen LogP contribution in [0, 0.1) is 0 Å². The van der Waals surface area contributed by atoms with Crippen molar-refractivity contribution in [3.8, 4) is 0 Å². The Morgan fingerprint density at radius 3 is 2.82 bits per heavy atom. The van der Waals surface area contributed by atoms with E-state index >= 15 is 0 Å². The molecule has 0 fully saturated rings. The number of hydrogen-bond donors (Lipinski definition) is 3. The third-order valence-electron chi connectivity index (χ3n) is 2.10. The molecule has 0 saturated carbocycles. The quantitative estimate of drug-likeness (QED) is 0.530. The minimum absolute atomic E-state index is 0.00900. The summed E-state index contributed by atoms with van der Waals surface area (Å²) in [7, 11) is 0.